The minimum Gasteiger partial charge on any atom is -0.368 e. The van der Waals surface area contributed by atoms with Gasteiger partial charge in [0, 0.05) is 11.4 Å². The van der Waals surface area contributed by atoms with Gasteiger partial charge in [-0.1, -0.05) is 24.3 Å². The Kier molecular flexibility index (Phi) is 4.46. The molecule has 2 aromatic carbocycles. The number of halogens is 1. The van der Waals surface area contributed by atoms with Crippen LogP contribution in [0.3, 0.4) is 0 Å². The minimum absolute atomic E-state index is 0.0267. The number of rotatable bonds is 4. The van der Waals surface area contributed by atoms with Crippen molar-refractivity contribution in [2.75, 3.05) is 16.8 Å². The zero-order valence-corrected chi connectivity index (χ0v) is 13.0. The molecule has 124 valence electrons. The lowest BCUT2D eigenvalue weighted by Gasteiger charge is -2.36. The molecule has 0 saturated heterocycles. The number of primary amides is 1. The topological polar surface area (TPSA) is 75.4 Å². The van der Waals surface area contributed by atoms with Crippen molar-refractivity contribution < 1.29 is 14.0 Å². The summed E-state index contributed by atoms with van der Waals surface area (Å²) in [5.74, 6) is -1.21. The van der Waals surface area contributed by atoms with E-state index in [1.165, 1.54) is 18.2 Å². The van der Waals surface area contributed by atoms with Gasteiger partial charge in [0.25, 0.3) is 0 Å². The van der Waals surface area contributed by atoms with Crippen LogP contribution in [0.4, 0.5) is 15.8 Å². The summed E-state index contributed by atoms with van der Waals surface area (Å²) >= 11 is 0. The number of aryl methyl sites for hydroxylation is 1. The first-order valence-electron chi connectivity index (χ1n) is 7.74. The highest BCUT2D eigenvalue weighted by molar-refractivity contribution is 5.96. The Hall–Kier alpha value is -2.89. The molecule has 0 radical (unpaired) electrons. The van der Waals surface area contributed by atoms with Crippen LogP contribution in [0.25, 0.3) is 0 Å². The van der Waals surface area contributed by atoms with E-state index in [-0.39, 0.29) is 12.5 Å². The number of amides is 2. The molecule has 2 aromatic rings. The Bertz CT molecular complexity index is 778. The van der Waals surface area contributed by atoms with Crippen LogP contribution in [0.2, 0.25) is 0 Å². The van der Waals surface area contributed by atoms with Gasteiger partial charge >= 0.3 is 0 Å². The predicted octanol–water partition coefficient (Wildman–Crippen LogP) is 2.07. The Labute approximate surface area is 139 Å². The normalized spacial score (nSPS) is 16.4. The van der Waals surface area contributed by atoms with Crippen LogP contribution in [-0.2, 0) is 16.0 Å². The van der Waals surface area contributed by atoms with Gasteiger partial charge in [-0.25, -0.2) is 4.39 Å². The highest BCUT2D eigenvalue weighted by Crippen LogP contribution is 2.30. The molecular weight excluding hydrogens is 309 g/mol. The maximum absolute atomic E-state index is 13.2. The molecule has 0 aromatic heterocycles. The molecular formula is C18H18FN3O2. The van der Waals surface area contributed by atoms with E-state index in [0.717, 1.165) is 17.7 Å². The molecule has 3 rings (SSSR count). The number of carbonyl (C=O) groups excluding carboxylic acids is 2. The summed E-state index contributed by atoms with van der Waals surface area (Å²) in [6.45, 7) is -0.0267. The number of nitrogens with zero attached hydrogens (tertiary/aromatic N) is 1. The number of hydrogen-bond donors (Lipinski definition) is 2. The van der Waals surface area contributed by atoms with Gasteiger partial charge in [0.15, 0.2) is 0 Å². The van der Waals surface area contributed by atoms with Crippen molar-refractivity contribution in [1.82, 2.24) is 0 Å². The summed E-state index contributed by atoms with van der Waals surface area (Å²) < 4.78 is 13.2. The van der Waals surface area contributed by atoms with Crippen molar-refractivity contribution in [3.63, 3.8) is 0 Å². The lowest BCUT2D eigenvalue weighted by Crippen LogP contribution is -2.50. The van der Waals surface area contributed by atoms with E-state index in [2.05, 4.69) is 5.32 Å². The number of fused-ring (bicyclic) bond motifs is 1. The summed E-state index contributed by atoms with van der Waals surface area (Å²) in [6.07, 6.45) is 1.31. The molecule has 1 aliphatic rings. The SMILES string of the molecule is NC(=O)[C@H]1CCc2ccccc2N1CC(=O)Nc1cccc(F)c1. The molecule has 6 heteroatoms. The number of nitrogens with one attached hydrogen (secondary N) is 1. The van der Waals surface area contributed by atoms with Crippen molar-refractivity contribution in [2.24, 2.45) is 5.73 Å². The zero-order chi connectivity index (χ0) is 17.1. The van der Waals surface area contributed by atoms with E-state index in [1.54, 1.807) is 11.0 Å². The average Bonchev–Trinajstić information content (AvgIpc) is 2.54. The molecule has 1 heterocycles. The Balaban J connectivity index is 1.80. The number of nitrogens with two attached hydrogens (primary N) is 1. The van der Waals surface area contributed by atoms with Gasteiger partial charge in [-0.15, -0.1) is 0 Å². The van der Waals surface area contributed by atoms with E-state index in [9.17, 15) is 14.0 Å². The average molecular weight is 327 g/mol. The maximum atomic E-state index is 13.2. The van der Waals surface area contributed by atoms with E-state index in [1.807, 2.05) is 24.3 Å². The lowest BCUT2D eigenvalue weighted by atomic mass is 9.95. The fourth-order valence-corrected chi connectivity index (χ4v) is 3.03. The second-order valence-electron chi connectivity index (χ2n) is 5.77. The first-order chi connectivity index (χ1) is 11.5. The molecule has 2 amide bonds. The van der Waals surface area contributed by atoms with Gasteiger partial charge in [-0.2, -0.15) is 0 Å². The summed E-state index contributed by atoms with van der Waals surface area (Å²) in [4.78, 5) is 25.8. The number of para-hydroxylation sites is 1. The fourth-order valence-electron chi connectivity index (χ4n) is 3.03. The molecule has 24 heavy (non-hydrogen) atoms. The van der Waals surface area contributed by atoms with Crippen LogP contribution in [0.15, 0.2) is 48.5 Å². The molecule has 0 bridgehead atoms. The smallest absolute Gasteiger partial charge is 0.243 e. The third kappa shape index (κ3) is 3.37. The molecule has 0 saturated carbocycles. The van der Waals surface area contributed by atoms with Crippen LogP contribution >= 0.6 is 0 Å². The number of anilines is 2. The van der Waals surface area contributed by atoms with Gasteiger partial charge in [0.2, 0.25) is 11.8 Å². The number of carbonyl (C=O) groups is 2. The quantitative estimate of drug-likeness (QED) is 0.903. The Morgan fingerprint density at radius 3 is 2.75 bits per heavy atom. The van der Waals surface area contributed by atoms with Crippen LogP contribution < -0.4 is 16.0 Å². The molecule has 1 aliphatic heterocycles. The molecule has 5 nitrogen and oxygen atoms in total. The molecule has 0 fully saturated rings. The van der Waals surface area contributed by atoms with Crippen LogP contribution in [0, 0.1) is 5.82 Å². The maximum Gasteiger partial charge on any atom is 0.243 e. The summed E-state index contributed by atoms with van der Waals surface area (Å²) in [7, 11) is 0. The molecule has 1 atom stereocenters. The third-order valence-corrected chi connectivity index (χ3v) is 4.12. The molecule has 0 spiro atoms. The molecule has 0 unspecified atom stereocenters. The minimum atomic E-state index is -0.529. The first-order valence-corrected chi connectivity index (χ1v) is 7.74. The monoisotopic (exact) mass is 327 g/mol. The predicted molar refractivity (Wildman–Crippen MR) is 90.1 cm³/mol. The standard InChI is InChI=1S/C18H18FN3O2/c19-13-5-3-6-14(10-13)21-17(23)11-22-15-7-2-1-4-12(15)8-9-16(22)18(20)24/h1-7,10,16H,8-9,11H2,(H2,20,24)(H,21,23)/t16-/m1/s1. The lowest BCUT2D eigenvalue weighted by molar-refractivity contribution is -0.119. The molecule has 0 aliphatic carbocycles. The van der Waals surface area contributed by atoms with Gasteiger partial charge < -0.3 is 16.0 Å². The number of hydrogen-bond acceptors (Lipinski definition) is 3. The fraction of sp³-hybridized carbons (Fsp3) is 0.222. The van der Waals surface area contributed by atoms with Crippen molar-refractivity contribution in [3.05, 3.63) is 59.9 Å². The van der Waals surface area contributed by atoms with Crippen molar-refractivity contribution in [3.8, 4) is 0 Å². The van der Waals surface area contributed by atoms with E-state index < -0.39 is 17.8 Å². The Morgan fingerprint density at radius 2 is 2.00 bits per heavy atom. The molecule has 3 N–H and O–H groups in total. The van der Waals surface area contributed by atoms with E-state index in [0.29, 0.717) is 12.1 Å². The highest BCUT2D eigenvalue weighted by atomic mass is 19.1. The summed E-state index contributed by atoms with van der Waals surface area (Å²) in [5.41, 5.74) is 7.79. The van der Waals surface area contributed by atoms with Gasteiger partial charge in [0.1, 0.15) is 11.9 Å². The summed E-state index contributed by atoms with van der Waals surface area (Å²) in [6, 6.07) is 12.8. The van der Waals surface area contributed by atoms with Crippen molar-refractivity contribution in [2.45, 2.75) is 18.9 Å². The largest absolute Gasteiger partial charge is 0.368 e. The van der Waals surface area contributed by atoms with E-state index in [4.69, 9.17) is 5.73 Å². The van der Waals surface area contributed by atoms with Gasteiger partial charge in [-0.3, -0.25) is 9.59 Å². The summed E-state index contributed by atoms with van der Waals surface area (Å²) in [5, 5.41) is 2.65. The van der Waals surface area contributed by atoms with Crippen LogP contribution in [-0.4, -0.2) is 24.4 Å². The second-order valence-corrected chi connectivity index (χ2v) is 5.77. The van der Waals surface area contributed by atoms with Crippen molar-refractivity contribution in [1.29, 1.82) is 0 Å². The highest BCUT2D eigenvalue weighted by Gasteiger charge is 2.31. The van der Waals surface area contributed by atoms with Crippen LogP contribution in [0.5, 0.6) is 0 Å². The number of benzene rings is 2. The van der Waals surface area contributed by atoms with E-state index >= 15 is 0 Å². The van der Waals surface area contributed by atoms with Gasteiger partial charge in [0.05, 0.1) is 6.54 Å². The zero-order valence-electron chi connectivity index (χ0n) is 13.0. The van der Waals surface area contributed by atoms with Crippen molar-refractivity contribution >= 4 is 23.2 Å². The second kappa shape index (κ2) is 6.70. The third-order valence-electron chi connectivity index (χ3n) is 4.12. The van der Waals surface area contributed by atoms with Crippen LogP contribution in [0.1, 0.15) is 12.0 Å². The first kappa shape index (κ1) is 16.0. The Morgan fingerprint density at radius 1 is 1.21 bits per heavy atom. The van der Waals surface area contributed by atoms with Gasteiger partial charge in [-0.05, 0) is 42.7 Å².